The predicted molar refractivity (Wildman–Crippen MR) is 77.3 cm³/mol. The molecule has 2 N–H and O–H groups in total. The highest BCUT2D eigenvalue weighted by atomic mass is 16.5. The summed E-state index contributed by atoms with van der Waals surface area (Å²) in [5, 5.41) is 11.9. The maximum Gasteiger partial charge on any atom is 0.341 e. The van der Waals surface area contributed by atoms with E-state index in [0.29, 0.717) is 23.6 Å². The summed E-state index contributed by atoms with van der Waals surface area (Å²) in [7, 11) is 0. The Hall–Kier alpha value is -2.18. The molecule has 7 nitrogen and oxygen atoms in total. The van der Waals surface area contributed by atoms with Crippen LogP contribution in [0, 0.1) is 6.92 Å². The summed E-state index contributed by atoms with van der Waals surface area (Å²) in [6.45, 7) is 5.68. The zero-order valence-corrected chi connectivity index (χ0v) is 12.5. The standard InChI is InChI=1S/C14H21N3O4/c1-4-6-10(7-12(18)19)17-14-15-8-11(9(3)16-14)13(20)21-5-2/h8,10H,4-7H2,1-3H3,(H,18,19)(H,15,16,17). The van der Waals surface area contributed by atoms with Crippen molar-refractivity contribution in [1.29, 1.82) is 0 Å². The average molecular weight is 295 g/mol. The van der Waals surface area contributed by atoms with Gasteiger partial charge in [-0.15, -0.1) is 0 Å². The number of rotatable bonds is 8. The van der Waals surface area contributed by atoms with Gasteiger partial charge in [-0.2, -0.15) is 0 Å². The van der Waals surface area contributed by atoms with Crippen molar-refractivity contribution in [3.63, 3.8) is 0 Å². The van der Waals surface area contributed by atoms with Crippen molar-refractivity contribution in [3.8, 4) is 0 Å². The molecule has 1 aromatic heterocycles. The molecule has 0 amide bonds. The Morgan fingerprint density at radius 3 is 2.67 bits per heavy atom. The molecule has 0 radical (unpaired) electrons. The summed E-state index contributed by atoms with van der Waals surface area (Å²) in [6.07, 6.45) is 2.95. The molecule has 7 heteroatoms. The molecule has 0 saturated heterocycles. The van der Waals surface area contributed by atoms with Crippen molar-refractivity contribution in [2.45, 2.75) is 46.1 Å². The number of aryl methyl sites for hydroxylation is 1. The predicted octanol–water partition coefficient (Wildman–Crippen LogP) is 2.02. The van der Waals surface area contributed by atoms with Crippen molar-refractivity contribution in [1.82, 2.24) is 9.97 Å². The Labute approximate surface area is 123 Å². The van der Waals surface area contributed by atoms with Gasteiger partial charge in [-0.3, -0.25) is 4.79 Å². The number of ether oxygens (including phenoxy) is 1. The number of aliphatic carboxylic acids is 1. The van der Waals surface area contributed by atoms with E-state index in [4.69, 9.17) is 9.84 Å². The third-order valence-electron chi connectivity index (χ3n) is 2.87. The number of carboxylic acid groups (broad SMARTS) is 1. The summed E-state index contributed by atoms with van der Waals surface area (Å²) in [5.41, 5.74) is 0.809. The van der Waals surface area contributed by atoms with Crippen LogP contribution in [0.3, 0.4) is 0 Å². The molecule has 0 fully saturated rings. The third kappa shape index (κ3) is 5.37. The van der Waals surface area contributed by atoms with Crippen molar-refractivity contribution in [2.75, 3.05) is 11.9 Å². The van der Waals surface area contributed by atoms with E-state index in [-0.39, 0.29) is 19.1 Å². The van der Waals surface area contributed by atoms with Crippen molar-refractivity contribution >= 4 is 17.9 Å². The van der Waals surface area contributed by atoms with Crippen LogP contribution < -0.4 is 5.32 Å². The number of nitrogens with zero attached hydrogens (tertiary/aromatic N) is 2. The molecule has 0 aliphatic rings. The molecule has 0 spiro atoms. The molecular weight excluding hydrogens is 274 g/mol. The van der Waals surface area contributed by atoms with E-state index < -0.39 is 11.9 Å². The van der Waals surface area contributed by atoms with Gasteiger partial charge >= 0.3 is 11.9 Å². The molecule has 21 heavy (non-hydrogen) atoms. The number of carbonyl (C=O) groups excluding carboxylic acids is 1. The average Bonchev–Trinajstić information content (AvgIpc) is 2.38. The number of nitrogens with one attached hydrogen (secondary N) is 1. The van der Waals surface area contributed by atoms with Crippen molar-refractivity contribution in [2.24, 2.45) is 0 Å². The fourth-order valence-electron chi connectivity index (χ4n) is 1.91. The highest BCUT2D eigenvalue weighted by Gasteiger charge is 2.16. The van der Waals surface area contributed by atoms with Crippen molar-refractivity contribution < 1.29 is 19.4 Å². The van der Waals surface area contributed by atoms with Gasteiger partial charge in [0.1, 0.15) is 0 Å². The van der Waals surface area contributed by atoms with Crippen LogP contribution in [0.15, 0.2) is 6.20 Å². The summed E-state index contributed by atoms with van der Waals surface area (Å²) in [4.78, 5) is 30.7. The molecule has 1 rings (SSSR count). The zero-order chi connectivity index (χ0) is 15.8. The van der Waals surface area contributed by atoms with Crippen LogP contribution in [0.4, 0.5) is 5.95 Å². The monoisotopic (exact) mass is 295 g/mol. The second kappa shape index (κ2) is 8.18. The Bertz CT molecular complexity index is 505. The summed E-state index contributed by atoms with van der Waals surface area (Å²) in [6, 6.07) is -0.236. The largest absolute Gasteiger partial charge is 0.481 e. The van der Waals surface area contributed by atoms with Crippen LogP contribution in [-0.4, -0.2) is 39.7 Å². The summed E-state index contributed by atoms with van der Waals surface area (Å²) >= 11 is 0. The molecule has 0 aliphatic carbocycles. The number of anilines is 1. The lowest BCUT2D eigenvalue weighted by Crippen LogP contribution is -2.24. The number of carboxylic acids is 1. The Morgan fingerprint density at radius 1 is 1.43 bits per heavy atom. The second-order valence-electron chi connectivity index (χ2n) is 4.64. The molecule has 0 saturated carbocycles. The van der Waals surface area contributed by atoms with Gasteiger partial charge in [-0.25, -0.2) is 14.8 Å². The third-order valence-corrected chi connectivity index (χ3v) is 2.87. The summed E-state index contributed by atoms with van der Waals surface area (Å²) < 4.78 is 4.90. The lowest BCUT2D eigenvalue weighted by molar-refractivity contribution is -0.137. The number of carbonyl (C=O) groups is 2. The van der Waals surface area contributed by atoms with Crippen LogP contribution in [0.25, 0.3) is 0 Å². The van der Waals surface area contributed by atoms with Gasteiger partial charge in [0.25, 0.3) is 0 Å². The molecule has 116 valence electrons. The zero-order valence-electron chi connectivity index (χ0n) is 12.5. The molecule has 0 aliphatic heterocycles. The van der Waals surface area contributed by atoms with E-state index in [0.717, 1.165) is 6.42 Å². The van der Waals surface area contributed by atoms with E-state index in [2.05, 4.69) is 15.3 Å². The van der Waals surface area contributed by atoms with Gasteiger partial charge in [-0.05, 0) is 20.3 Å². The number of aromatic nitrogens is 2. The van der Waals surface area contributed by atoms with Gasteiger partial charge in [0, 0.05) is 12.2 Å². The normalized spacial score (nSPS) is 11.8. The van der Waals surface area contributed by atoms with Gasteiger partial charge < -0.3 is 15.2 Å². The van der Waals surface area contributed by atoms with Crippen LogP contribution >= 0.6 is 0 Å². The molecular formula is C14H21N3O4. The van der Waals surface area contributed by atoms with Crippen LogP contribution in [-0.2, 0) is 9.53 Å². The second-order valence-corrected chi connectivity index (χ2v) is 4.64. The highest BCUT2D eigenvalue weighted by Crippen LogP contribution is 2.12. The summed E-state index contributed by atoms with van der Waals surface area (Å²) in [5.74, 6) is -1.02. The first-order valence-electron chi connectivity index (χ1n) is 6.97. The highest BCUT2D eigenvalue weighted by molar-refractivity contribution is 5.90. The van der Waals surface area contributed by atoms with Crippen molar-refractivity contribution in [3.05, 3.63) is 17.5 Å². The SMILES string of the molecule is CCCC(CC(=O)O)Nc1ncc(C(=O)OCC)c(C)n1. The lowest BCUT2D eigenvalue weighted by atomic mass is 10.1. The molecule has 1 heterocycles. The Kier molecular flexibility index (Phi) is 6.58. The van der Waals surface area contributed by atoms with Gasteiger partial charge in [-0.1, -0.05) is 13.3 Å². The first-order valence-corrected chi connectivity index (χ1v) is 6.97. The molecule has 0 aromatic carbocycles. The van der Waals surface area contributed by atoms with Crippen LogP contribution in [0.1, 0.15) is 49.2 Å². The smallest absolute Gasteiger partial charge is 0.341 e. The topological polar surface area (TPSA) is 101 Å². The first-order chi connectivity index (χ1) is 9.97. The Balaban J connectivity index is 2.82. The maximum atomic E-state index is 11.6. The fraction of sp³-hybridized carbons (Fsp3) is 0.571. The van der Waals surface area contributed by atoms with Crippen LogP contribution in [0.2, 0.25) is 0 Å². The number of esters is 1. The van der Waals surface area contributed by atoms with Gasteiger partial charge in [0.15, 0.2) is 0 Å². The molecule has 1 unspecified atom stereocenters. The lowest BCUT2D eigenvalue weighted by Gasteiger charge is -2.16. The molecule has 1 atom stereocenters. The number of hydrogen-bond acceptors (Lipinski definition) is 6. The molecule has 1 aromatic rings. The maximum absolute atomic E-state index is 11.6. The minimum Gasteiger partial charge on any atom is -0.481 e. The van der Waals surface area contributed by atoms with Gasteiger partial charge in [0.05, 0.1) is 24.3 Å². The Morgan fingerprint density at radius 2 is 2.14 bits per heavy atom. The van der Waals surface area contributed by atoms with E-state index in [1.807, 2.05) is 6.92 Å². The quantitative estimate of drug-likeness (QED) is 0.707. The minimum atomic E-state index is -0.874. The van der Waals surface area contributed by atoms with E-state index in [1.165, 1.54) is 6.20 Å². The van der Waals surface area contributed by atoms with Gasteiger partial charge in [0.2, 0.25) is 5.95 Å². The first kappa shape index (κ1) is 16.9. The molecule has 0 bridgehead atoms. The van der Waals surface area contributed by atoms with E-state index in [1.54, 1.807) is 13.8 Å². The number of hydrogen-bond donors (Lipinski definition) is 2. The van der Waals surface area contributed by atoms with E-state index in [9.17, 15) is 9.59 Å². The fourth-order valence-corrected chi connectivity index (χ4v) is 1.91. The minimum absolute atomic E-state index is 0.00409. The van der Waals surface area contributed by atoms with E-state index >= 15 is 0 Å². The van der Waals surface area contributed by atoms with Crippen LogP contribution in [0.5, 0.6) is 0 Å².